The Morgan fingerprint density at radius 1 is 1.17 bits per heavy atom. The van der Waals surface area contributed by atoms with E-state index in [1.54, 1.807) is 0 Å². The SMILES string of the molecule is CCCC1CC(NC(C)(C)CC(C)(C)C)CCO1. The fourth-order valence-electron chi connectivity index (χ4n) is 3.46. The first-order chi connectivity index (χ1) is 8.22. The molecular weight excluding hydrogens is 222 g/mol. The predicted octanol–water partition coefficient (Wildman–Crippen LogP) is 4.14. The summed E-state index contributed by atoms with van der Waals surface area (Å²) in [5, 5.41) is 3.86. The lowest BCUT2D eigenvalue weighted by atomic mass is 9.81. The van der Waals surface area contributed by atoms with E-state index >= 15 is 0 Å². The van der Waals surface area contributed by atoms with Gasteiger partial charge in [0.15, 0.2) is 0 Å². The highest BCUT2D eigenvalue weighted by Gasteiger charge is 2.30. The van der Waals surface area contributed by atoms with Crippen molar-refractivity contribution >= 4 is 0 Å². The molecule has 0 aliphatic carbocycles. The summed E-state index contributed by atoms with van der Waals surface area (Å²) in [6, 6.07) is 0.632. The number of rotatable bonds is 5. The number of hydrogen-bond donors (Lipinski definition) is 1. The first-order valence-corrected chi connectivity index (χ1v) is 7.61. The van der Waals surface area contributed by atoms with E-state index in [1.165, 1.54) is 25.7 Å². The predicted molar refractivity (Wildman–Crippen MR) is 79.0 cm³/mol. The molecule has 1 aliphatic heterocycles. The fourth-order valence-corrected chi connectivity index (χ4v) is 3.46. The summed E-state index contributed by atoms with van der Waals surface area (Å²) in [7, 11) is 0. The van der Waals surface area contributed by atoms with Crippen molar-refractivity contribution < 1.29 is 4.74 Å². The Balaban J connectivity index is 2.45. The van der Waals surface area contributed by atoms with Crippen LogP contribution in [0.1, 0.15) is 73.6 Å². The van der Waals surface area contributed by atoms with Crippen LogP contribution in [0.15, 0.2) is 0 Å². The molecule has 2 nitrogen and oxygen atoms in total. The van der Waals surface area contributed by atoms with E-state index in [1.807, 2.05) is 0 Å². The highest BCUT2D eigenvalue weighted by atomic mass is 16.5. The van der Waals surface area contributed by atoms with Crippen LogP contribution in [-0.2, 0) is 4.74 Å². The van der Waals surface area contributed by atoms with E-state index in [9.17, 15) is 0 Å². The molecule has 18 heavy (non-hydrogen) atoms. The molecule has 0 radical (unpaired) electrons. The Bertz CT molecular complexity index is 240. The molecule has 1 aliphatic rings. The molecule has 2 heteroatoms. The Kier molecular flexibility index (Phi) is 5.67. The smallest absolute Gasteiger partial charge is 0.0589 e. The van der Waals surface area contributed by atoms with Crippen molar-refractivity contribution in [1.29, 1.82) is 0 Å². The molecule has 1 fully saturated rings. The van der Waals surface area contributed by atoms with Crippen LogP contribution in [0.3, 0.4) is 0 Å². The lowest BCUT2D eigenvalue weighted by Crippen LogP contribution is -2.51. The van der Waals surface area contributed by atoms with Crippen molar-refractivity contribution in [3.63, 3.8) is 0 Å². The Morgan fingerprint density at radius 3 is 2.39 bits per heavy atom. The van der Waals surface area contributed by atoms with Crippen molar-refractivity contribution in [2.24, 2.45) is 5.41 Å². The third-order valence-corrected chi connectivity index (χ3v) is 3.55. The standard InChI is InChI=1S/C16H33NO/c1-7-8-14-11-13(9-10-18-14)17-16(5,6)12-15(2,3)4/h13-14,17H,7-12H2,1-6H3. The molecule has 108 valence electrons. The molecule has 0 spiro atoms. The fraction of sp³-hybridized carbons (Fsp3) is 1.00. The zero-order chi connectivity index (χ0) is 13.8. The Morgan fingerprint density at radius 2 is 1.83 bits per heavy atom. The van der Waals surface area contributed by atoms with Gasteiger partial charge in [0.05, 0.1) is 6.10 Å². The van der Waals surface area contributed by atoms with E-state index in [2.05, 4.69) is 46.9 Å². The Labute approximate surface area is 114 Å². The summed E-state index contributed by atoms with van der Waals surface area (Å²) in [4.78, 5) is 0. The lowest BCUT2D eigenvalue weighted by molar-refractivity contribution is -0.00903. The van der Waals surface area contributed by atoms with E-state index in [4.69, 9.17) is 4.74 Å². The second-order valence-corrected chi connectivity index (χ2v) is 7.77. The van der Waals surface area contributed by atoms with Crippen LogP contribution in [-0.4, -0.2) is 24.3 Å². The van der Waals surface area contributed by atoms with Crippen LogP contribution in [0.5, 0.6) is 0 Å². The van der Waals surface area contributed by atoms with Gasteiger partial charge in [0.1, 0.15) is 0 Å². The highest BCUT2D eigenvalue weighted by Crippen LogP contribution is 2.28. The summed E-state index contributed by atoms with van der Waals surface area (Å²) in [5.41, 5.74) is 0.599. The van der Waals surface area contributed by atoms with Crippen LogP contribution in [0.4, 0.5) is 0 Å². The van der Waals surface area contributed by atoms with E-state index < -0.39 is 0 Å². The van der Waals surface area contributed by atoms with Crippen LogP contribution in [0.25, 0.3) is 0 Å². The second kappa shape index (κ2) is 6.38. The van der Waals surface area contributed by atoms with E-state index in [-0.39, 0.29) is 5.54 Å². The Hall–Kier alpha value is -0.0800. The van der Waals surface area contributed by atoms with Crippen LogP contribution in [0, 0.1) is 5.41 Å². The molecule has 0 aromatic carbocycles. The van der Waals surface area contributed by atoms with Gasteiger partial charge in [-0.05, 0) is 44.9 Å². The molecular formula is C16H33NO. The lowest BCUT2D eigenvalue weighted by Gasteiger charge is -2.39. The van der Waals surface area contributed by atoms with E-state index in [0.717, 1.165) is 13.0 Å². The van der Waals surface area contributed by atoms with Crippen molar-refractivity contribution in [3.8, 4) is 0 Å². The molecule has 0 amide bonds. The molecule has 2 unspecified atom stereocenters. The topological polar surface area (TPSA) is 21.3 Å². The van der Waals surface area contributed by atoms with Gasteiger partial charge in [0, 0.05) is 18.2 Å². The third-order valence-electron chi connectivity index (χ3n) is 3.55. The van der Waals surface area contributed by atoms with Crippen molar-refractivity contribution in [1.82, 2.24) is 5.32 Å². The van der Waals surface area contributed by atoms with Gasteiger partial charge in [-0.25, -0.2) is 0 Å². The van der Waals surface area contributed by atoms with Gasteiger partial charge in [-0.3, -0.25) is 0 Å². The normalized spacial score (nSPS) is 26.3. The maximum absolute atomic E-state index is 5.82. The summed E-state index contributed by atoms with van der Waals surface area (Å²) in [5.74, 6) is 0. The van der Waals surface area contributed by atoms with Gasteiger partial charge >= 0.3 is 0 Å². The largest absolute Gasteiger partial charge is 0.378 e. The summed E-state index contributed by atoms with van der Waals surface area (Å²) in [6.45, 7) is 14.8. The first kappa shape index (κ1) is 16.0. The molecule has 0 aromatic rings. The van der Waals surface area contributed by atoms with Gasteiger partial charge in [0.2, 0.25) is 0 Å². The number of nitrogens with one attached hydrogen (secondary N) is 1. The number of ether oxygens (including phenoxy) is 1. The van der Waals surface area contributed by atoms with Gasteiger partial charge < -0.3 is 10.1 Å². The highest BCUT2D eigenvalue weighted by molar-refractivity contribution is 4.88. The van der Waals surface area contributed by atoms with Gasteiger partial charge in [-0.2, -0.15) is 0 Å². The molecule has 1 N–H and O–H groups in total. The third kappa shape index (κ3) is 6.19. The monoisotopic (exact) mass is 255 g/mol. The molecule has 2 atom stereocenters. The molecule has 1 heterocycles. The van der Waals surface area contributed by atoms with Gasteiger partial charge in [-0.15, -0.1) is 0 Å². The zero-order valence-electron chi connectivity index (χ0n) is 13.3. The van der Waals surface area contributed by atoms with Crippen molar-refractivity contribution in [2.75, 3.05) is 6.61 Å². The summed E-state index contributed by atoms with van der Waals surface area (Å²) in [6.07, 6.45) is 6.46. The minimum absolute atomic E-state index is 0.219. The summed E-state index contributed by atoms with van der Waals surface area (Å²) >= 11 is 0. The maximum Gasteiger partial charge on any atom is 0.0589 e. The zero-order valence-corrected chi connectivity index (χ0v) is 13.3. The number of hydrogen-bond acceptors (Lipinski definition) is 2. The average molecular weight is 255 g/mol. The average Bonchev–Trinajstić information content (AvgIpc) is 2.13. The van der Waals surface area contributed by atoms with Gasteiger partial charge in [-0.1, -0.05) is 34.1 Å². The molecule has 0 saturated carbocycles. The molecule has 0 aromatic heterocycles. The molecule has 0 bridgehead atoms. The maximum atomic E-state index is 5.82. The quantitative estimate of drug-likeness (QED) is 0.797. The minimum Gasteiger partial charge on any atom is -0.378 e. The van der Waals surface area contributed by atoms with Crippen LogP contribution in [0.2, 0.25) is 0 Å². The molecule has 1 rings (SSSR count). The summed E-state index contributed by atoms with van der Waals surface area (Å²) < 4.78 is 5.82. The van der Waals surface area contributed by atoms with Crippen molar-refractivity contribution in [2.45, 2.75) is 91.3 Å². The van der Waals surface area contributed by atoms with Crippen LogP contribution >= 0.6 is 0 Å². The van der Waals surface area contributed by atoms with Gasteiger partial charge in [0.25, 0.3) is 0 Å². The van der Waals surface area contributed by atoms with Crippen LogP contribution < -0.4 is 5.32 Å². The second-order valence-electron chi connectivity index (χ2n) is 7.77. The first-order valence-electron chi connectivity index (χ1n) is 7.61. The molecule has 1 saturated heterocycles. The minimum atomic E-state index is 0.219. The van der Waals surface area contributed by atoms with Crippen molar-refractivity contribution in [3.05, 3.63) is 0 Å². The van der Waals surface area contributed by atoms with E-state index in [0.29, 0.717) is 17.6 Å².